The van der Waals surface area contributed by atoms with Crippen molar-refractivity contribution in [3.63, 3.8) is 0 Å². The van der Waals surface area contributed by atoms with Gasteiger partial charge in [0.05, 0.1) is 11.3 Å². The second kappa shape index (κ2) is 5.24. The third-order valence-corrected chi connectivity index (χ3v) is 3.12. The summed E-state index contributed by atoms with van der Waals surface area (Å²) in [5.41, 5.74) is 1.39. The zero-order valence-electron chi connectivity index (χ0n) is 11.3. The molecule has 0 aliphatic carbocycles. The number of benzene rings is 1. The van der Waals surface area contributed by atoms with Crippen LogP contribution in [0.5, 0.6) is 5.75 Å². The fourth-order valence-corrected chi connectivity index (χ4v) is 2.02. The van der Waals surface area contributed by atoms with Crippen molar-refractivity contribution in [2.75, 3.05) is 10.6 Å². The van der Waals surface area contributed by atoms with Crippen LogP contribution in [0.4, 0.5) is 11.4 Å². The molecule has 2 N–H and O–H groups in total. The Labute approximate surface area is 121 Å². The van der Waals surface area contributed by atoms with E-state index in [1.807, 2.05) is 0 Å². The van der Waals surface area contributed by atoms with E-state index in [-0.39, 0.29) is 11.8 Å². The van der Waals surface area contributed by atoms with Gasteiger partial charge in [0, 0.05) is 12.4 Å². The van der Waals surface area contributed by atoms with Crippen LogP contribution in [-0.2, 0) is 4.79 Å². The lowest BCUT2D eigenvalue weighted by molar-refractivity contribution is -0.122. The largest absolute Gasteiger partial charge is 0.479 e. The molecule has 1 aromatic carbocycles. The van der Waals surface area contributed by atoms with E-state index in [9.17, 15) is 9.59 Å². The highest BCUT2D eigenvalue weighted by molar-refractivity contribution is 6.09. The van der Waals surface area contributed by atoms with E-state index in [0.29, 0.717) is 22.7 Å². The highest BCUT2D eigenvalue weighted by Gasteiger charge is 2.25. The maximum absolute atomic E-state index is 12.1. The smallest absolute Gasteiger partial charge is 0.265 e. The Morgan fingerprint density at radius 2 is 2.19 bits per heavy atom. The molecule has 1 atom stereocenters. The quantitative estimate of drug-likeness (QED) is 0.884. The molecule has 0 saturated heterocycles. The average Bonchev–Trinajstić information content (AvgIpc) is 2.50. The Balaban J connectivity index is 1.89. The predicted molar refractivity (Wildman–Crippen MR) is 77.4 cm³/mol. The van der Waals surface area contributed by atoms with Gasteiger partial charge in [-0.25, -0.2) is 0 Å². The molecule has 3 rings (SSSR count). The molecule has 0 saturated carbocycles. The summed E-state index contributed by atoms with van der Waals surface area (Å²) in [5.74, 6) is -0.0129. The van der Waals surface area contributed by atoms with Crippen molar-refractivity contribution in [1.82, 2.24) is 4.98 Å². The Kier molecular flexibility index (Phi) is 3.27. The molecule has 0 bridgehead atoms. The van der Waals surface area contributed by atoms with Crippen molar-refractivity contribution in [1.29, 1.82) is 0 Å². The molecule has 0 fully saturated rings. The minimum Gasteiger partial charge on any atom is -0.479 e. The van der Waals surface area contributed by atoms with Gasteiger partial charge in [-0.3, -0.25) is 14.6 Å². The molecule has 21 heavy (non-hydrogen) atoms. The zero-order chi connectivity index (χ0) is 14.8. The van der Waals surface area contributed by atoms with Crippen LogP contribution < -0.4 is 15.4 Å². The van der Waals surface area contributed by atoms with Crippen molar-refractivity contribution in [2.24, 2.45) is 0 Å². The summed E-state index contributed by atoms with van der Waals surface area (Å²) < 4.78 is 5.50. The first kappa shape index (κ1) is 13.1. The molecule has 6 nitrogen and oxygen atoms in total. The number of pyridine rings is 1. The molecule has 2 heterocycles. The number of anilines is 2. The average molecular weight is 283 g/mol. The van der Waals surface area contributed by atoms with Crippen molar-refractivity contribution >= 4 is 23.2 Å². The van der Waals surface area contributed by atoms with Crippen LogP contribution in [0.25, 0.3) is 0 Å². The summed E-state index contributed by atoms with van der Waals surface area (Å²) in [7, 11) is 0. The zero-order valence-corrected chi connectivity index (χ0v) is 11.3. The van der Waals surface area contributed by atoms with Gasteiger partial charge in [0.25, 0.3) is 11.8 Å². The van der Waals surface area contributed by atoms with Crippen LogP contribution in [0.3, 0.4) is 0 Å². The monoisotopic (exact) mass is 283 g/mol. The Bertz CT molecular complexity index is 701. The van der Waals surface area contributed by atoms with Crippen molar-refractivity contribution < 1.29 is 14.3 Å². The van der Waals surface area contributed by atoms with Crippen LogP contribution in [-0.4, -0.2) is 22.9 Å². The molecule has 0 spiro atoms. The van der Waals surface area contributed by atoms with Gasteiger partial charge in [0.1, 0.15) is 11.4 Å². The van der Waals surface area contributed by atoms with Gasteiger partial charge in [-0.05, 0) is 31.2 Å². The third-order valence-electron chi connectivity index (χ3n) is 3.12. The number of fused-ring (bicyclic) bond motifs is 1. The Morgan fingerprint density at radius 3 is 2.95 bits per heavy atom. The Hall–Kier alpha value is -2.89. The summed E-state index contributed by atoms with van der Waals surface area (Å²) in [6, 6.07) is 8.54. The summed E-state index contributed by atoms with van der Waals surface area (Å²) in [5, 5.41) is 5.49. The number of nitrogens with one attached hydrogen (secondary N) is 2. The number of carbonyl (C=O) groups excluding carboxylic acids is 2. The van der Waals surface area contributed by atoms with E-state index in [0.717, 1.165) is 0 Å². The number of rotatable bonds is 2. The lowest BCUT2D eigenvalue weighted by Crippen LogP contribution is -2.34. The number of aromatic nitrogens is 1. The first-order valence-corrected chi connectivity index (χ1v) is 6.47. The van der Waals surface area contributed by atoms with Gasteiger partial charge in [-0.2, -0.15) is 0 Å². The lowest BCUT2D eigenvalue weighted by Gasteiger charge is -2.25. The number of para-hydroxylation sites is 1. The van der Waals surface area contributed by atoms with Gasteiger partial charge in [0.15, 0.2) is 6.10 Å². The summed E-state index contributed by atoms with van der Waals surface area (Å²) >= 11 is 0. The van der Waals surface area contributed by atoms with Crippen LogP contribution in [0.2, 0.25) is 0 Å². The highest BCUT2D eigenvalue weighted by Crippen LogP contribution is 2.36. The van der Waals surface area contributed by atoms with Gasteiger partial charge in [-0.1, -0.05) is 6.07 Å². The summed E-state index contributed by atoms with van der Waals surface area (Å²) in [6.45, 7) is 1.67. The van der Waals surface area contributed by atoms with Crippen LogP contribution in [0, 0.1) is 0 Å². The molecule has 106 valence electrons. The highest BCUT2D eigenvalue weighted by atomic mass is 16.5. The van der Waals surface area contributed by atoms with E-state index in [4.69, 9.17) is 4.74 Å². The molecule has 6 heteroatoms. The predicted octanol–water partition coefficient (Wildman–Crippen LogP) is 2.05. The molecule has 0 radical (unpaired) electrons. The van der Waals surface area contributed by atoms with Crippen molar-refractivity contribution in [2.45, 2.75) is 13.0 Å². The molecule has 1 unspecified atom stereocenters. The number of hydrogen-bond donors (Lipinski definition) is 2. The Morgan fingerprint density at radius 1 is 1.33 bits per heavy atom. The molecular formula is C15H13N3O3. The fourth-order valence-electron chi connectivity index (χ4n) is 2.02. The SMILES string of the molecule is CC1Oc2cccc(NC(=O)c3cccnc3)c2NC1=O. The van der Waals surface area contributed by atoms with Crippen LogP contribution in [0.1, 0.15) is 17.3 Å². The van der Waals surface area contributed by atoms with E-state index in [2.05, 4.69) is 15.6 Å². The molecule has 1 aliphatic rings. The fraction of sp³-hybridized carbons (Fsp3) is 0.133. The maximum atomic E-state index is 12.1. The normalized spacial score (nSPS) is 16.4. The molecule has 1 aliphatic heterocycles. The van der Waals surface area contributed by atoms with E-state index < -0.39 is 6.10 Å². The van der Waals surface area contributed by atoms with Crippen molar-refractivity contribution in [3.05, 3.63) is 48.3 Å². The first-order chi connectivity index (χ1) is 10.1. The second-order valence-corrected chi connectivity index (χ2v) is 4.62. The van der Waals surface area contributed by atoms with Crippen LogP contribution >= 0.6 is 0 Å². The van der Waals surface area contributed by atoms with Crippen LogP contribution in [0.15, 0.2) is 42.7 Å². The number of ether oxygens (including phenoxy) is 1. The number of carbonyl (C=O) groups is 2. The number of amides is 2. The van der Waals surface area contributed by atoms with E-state index in [1.54, 1.807) is 43.5 Å². The van der Waals surface area contributed by atoms with Gasteiger partial charge in [0.2, 0.25) is 0 Å². The minimum absolute atomic E-state index is 0.245. The topological polar surface area (TPSA) is 80.3 Å². The number of hydrogen-bond acceptors (Lipinski definition) is 4. The second-order valence-electron chi connectivity index (χ2n) is 4.62. The molecule has 1 aromatic heterocycles. The van der Waals surface area contributed by atoms with E-state index >= 15 is 0 Å². The van der Waals surface area contributed by atoms with Gasteiger partial charge in [-0.15, -0.1) is 0 Å². The third kappa shape index (κ3) is 2.55. The lowest BCUT2D eigenvalue weighted by atomic mass is 10.2. The van der Waals surface area contributed by atoms with E-state index in [1.165, 1.54) is 6.20 Å². The maximum Gasteiger partial charge on any atom is 0.265 e. The number of nitrogens with zero attached hydrogens (tertiary/aromatic N) is 1. The first-order valence-electron chi connectivity index (χ1n) is 6.47. The standard InChI is InChI=1S/C15H13N3O3/c1-9-14(19)18-13-11(5-2-6-12(13)21-9)17-15(20)10-4-3-7-16-8-10/h2-9H,1H3,(H,17,20)(H,18,19). The molecule has 2 amide bonds. The molecular weight excluding hydrogens is 270 g/mol. The minimum atomic E-state index is -0.554. The van der Waals surface area contributed by atoms with Gasteiger partial charge >= 0.3 is 0 Å². The molecule has 2 aromatic rings. The van der Waals surface area contributed by atoms with Gasteiger partial charge < -0.3 is 15.4 Å². The summed E-state index contributed by atoms with van der Waals surface area (Å²) in [6.07, 6.45) is 2.51. The summed E-state index contributed by atoms with van der Waals surface area (Å²) in [4.78, 5) is 27.7. The van der Waals surface area contributed by atoms with Crippen molar-refractivity contribution in [3.8, 4) is 5.75 Å².